The van der Waals surface area contributed by atoms with Crippen LogP contribution in [0, 0.1) is 0 Å². The van der Waals surface area contributed by atoms with Gasteiger partial charge in [-0.2, -0.15) is 5.10 Å². The molecular weight excluding hydrogens is 252 g/mol. The number of ether oxygens (including phenoxy) is 1. The minimum atomic E-state index is 0.283. The number of aromatic nitrogens is 3. The van der Waals surface area contributed by atoms with Crippen LogP contribution in [-0.4, -0.2) is 39.6 Å². The fourth-order valence-corrected chi connectivity index (χ4v) is 2.61. The molecule has 0 spiro atoms. The summed E-state index contributed by atoms with van der Waals surface area (Å²) in [6, 6.07) is 0.520. The van der Waals surface area contributed by atoms with Crippen LogP contribution in [0.15, 0.2) is 0 Å². The van der Waals surface area contributed by atoms with Gasteiger partial charge in [0.1, 0.15) is 5.82 Å². The van der Waals surface area contributed by atoms with Gasteiger partial charge in [0.2, 0.25) is 0 Å². The molecule has 2 unspecified atom stereocenters. The van der Waals surface area contributed by atoms with Crippen molar-refractivity contribution in [1.82, 2.24) is 20.1 Å². The second-order valence-corrected chi connectivity index (χ2v) is 5.85. The van der Waals surface area contributed by atoms with Crippen LogP contribution >= 0.6 is 0 Å². The highest BCUT2D eigenvalue weighted by atomic mass is 16.5. The zero-order valence-electron chi connectivity index (χ0n) is 13.2. The van der Waals surface area contributed by atoms with E-state index in [0.717, 1.165) is 50.4 Å². The molecule has 0 bridgehead atoms. The lowest BCUT2D eigenvalue weighted by atomic mass is 10.2. The third-order valence-electron chi connectivity index (χ3n) is 3.75. The summed E-state index contributed by atoms with van der Waals surface area (Å²) in [6.45, 7) is 10.4. The predicted octanol–water partition coefficient (Wildman–Crippen LogP) is 1.95. The fraction of sp³-hybridized carbons (Fsp3) is 0.867. The molecule has 114 valence electrons. The van der Waals surface area contributed by atoms with Crippen molar-refractivity contribution in [2.75, 3.05) is 6.54 Å². The molecule has 0 aromatic carbocycles. The Hall–Kier alpha value is -0.940. The van der Waals surface area contributed by atoms with Gasteiger partial charge in [-0.3, -0.25) is 0 Å². The van der Waals surface area contributed by atoms with Crippen LogP contribution in [0.4, 0.5) is 0 Å². The molecule has 1 saturated heterocycles. The summed E-state index contributed by atoms with van der Waals surface area (Å²) in [4.78, 5) is 4.55. The average molecular weight is 280 g/mol. The van der Waals surface area contributed by atoms with E-state index in [4.69, 9.17) is 4.74 Å². The van der Waals surface area contributed by atoms with Crippen LogP contribution < -0.4 is 5.32 Å². The first-order valence-corrected chi connectivity index (χ1v) is 7.93. The van der Waals surface area contributed by atoms with E-state index in [1.807, 2.05) is 4.68 Å². The first-order chi connectivity index (χ1) is 9.62. The average Bonchev–Trinajstić information content (AvgIpc) is 3.03. The summed E-state index contributed by atoms with van der Waals surface area (Å²) in [5, 5.41) is 8.02. The number of nitrogens with zero attached hydrogens (tertiary/aromatic N) is 3. The van der Waals surface area contributed by atoms with Gasteiger partial charge in [0.05, 0.1) is 18.8 Å². The quantitative estimate of drug-likeness (QED) is 0.829. The van der Waals surface area contributed by atoms with Crippen molar-refractivity contribution < 1.29 is 4.74 Å². The first-order valence-electron chi connectivity index (χ1n) is 7.93. The Morgan fingerprint density at radius 1 is 1.25 bits per heavy atom. The van der Waals surface area contributed by atoms with E-state index in [-0.39, 0.29) is 6.10 Å². The molecule has 5 heteroatoms. The van der Waals surface area contributed by atoms with Crippen molar-refractivity contribution >= 4 is 0 Å². The zero-order valence-corrected chi connectivity index (χ0v) is 13.2. The van der Waals surface area contributed by atoms with Crippen LogP contribution in [-0.2, 0) is 24.1 Å². The van der Waals surface area contributed by atoms with E-state index in [9.17, 15) is 0 Å². The highest BCUT2D eigenvalue weighted by Gasteiger charge is 2.26. The normalized spacial score (nSPS) is 22.9. The molecule has 0 aliphatic carbocycles. The van der Waals surface area contributed by atoms with Crippen molar-refractivity contribution in [3.63, 3.8) is 0 Å². The van der Waals surface area contributed by atoms with Crippen molar-refractivity contribution in [3.05, 3.63) is 11.6 Å². The molecule has 0 radical (unpaired) electrons. The molecule has 2 rings (SSSR count). The summed E-state index contributed by atoms with van der Waals surface area (Å²) in [5.74, 6) is 2.02. The largest absolute Gasteiger partial charge is 0.372 e. The summed E-state index contributed by atoms with van der Waals surface area (Å²) >= 11 is 0. The Balaban J connectivity index is 1.87. The van der Waals surface area contributed by atoms with Gasteiger partial charge >= 0.3 is 0 Å². The Kier molecular flexibility index (Phi) is 5.54. The van der Waals surface area contributed by atoms with Gasteiger partial charge in [0.15, 0.2) is 5.82 Å². The van der Waals surface area contributed by atoms with Crippen LogP contribution in [0.25, 0.3) is 0 Å². The van der Waals surface area contributed by atoms with Crippen LogP contribution in [0.2, 0.25) is 0 Å². The maximum atomic E-state index is 6.11. The molecule has 1 aromatic heterocycles. The minimum absolute atomic E-state index is 0.283. The van der Waals surface area contributed by atoms with Crippen LogP contribution in [0.3, 0.4) is 0 Å². The van der Waals surface area contributed by atoms with Gasteiger partial charge < -0.3 is 10.1 Å². The molecule has 5 nitrogen and oxygen atoms in total. The minimum Gasteiger partial charge on any atom is -0.372 e. The Labute approximate surface area is 122 Å². The van der Waals surface area contributed by atoms with Gasteiger partial charge in [-0.05, 0) is 12.8 Å². The van der Waals surface area contributed by atoms with Crippen molar-refractivity contribution in [3.8, 4) is 0 Å². The lowest BCUT2D eigenvalue weighted by Gasteiger charge is -2.16. The summed E-state index contributed by atoms with van der Waals surface area (Å²) < 4.78 is 8.15. The van der Waals surface area contributed by atoms with E-state index in [0.29, 0.717) is 12.1 Å². The SMILES string of the molecule is CCc1nc(CC)n(CC2CCC(CNC(C)C)O2)n1. The van der Waals surface area contributed by atoms with Crippen molar-refractivity contribution in [2.45, 2.75) is 78.2 Å². The van der Waals surface area contributed by atoms with Gasteiger partial charge in [-0.15, -0.1) is 0 Å². The summed E-state index contributed by atoms with van der Waals surface area (Å²) in [7, 11) is 0. The third kappa shape index (κ3) is 4.03. The van der Waals surface area contributed by atoms with Crippen molar-refractivity contribution in [1.29, 1.82) is 0 Å². The molecule has 1 aromatic rings. The summed E-state index contributed by atoms with van der Waals surface area (Å²) in [6.07, 6.45) is 4.72. The van der Waals surface area contributed by atoms with E-state index >= 15 is 0 Å². The zero-order chi connectivity index (χ0) is 14.5. The van der Waals surface area contributed by atoms with Crippen molar-refractivity contribution in [2.24, 2.45) is 0 Å². The molecule has 2 atom stereocenters. The van der Waals surface area contributed by atoms with E-state index in [2.05, 4.69) is 43.1 Å². The molecular formula is C15H28N4O. The highest BCUT2D eigenvalue weighted by Crippen LogP contribution is 2.21. The number of hydrogen-bond acceptors (Lipinski definition) is 4. The first kappa shape index (κ1) is 15.4. The molecule has 1 N–H and O–H groups in total. The molecule has 0 amide bonds. The van der Waals surface area contributed by atoms with Gasteiger partial charge in [0, 0.05) is 25.4 Å². The fourth-order valence-electron chi connectivity index (χ4n) is 2.61. The van der Waals surface area contributed by atoms with Gasteiger partial charge in [-0.1, -0.05) is 27.7 Å². The van der Waals surface area contributed by atoms with Gasteiger partial charge in [-0.25, -0.2) is 9.67 Å². The summed E-state index contributed by atoms with van der Waals surface area (Å²) in [5.41, 5.74) is 0. The third-order valence-corrected chi connectivity index (χ3v) is 3.75. The molecule has 1 aliphatic heterocycles. The maximum Gasteiger partial charge on any atom is 0.150 e. The van der Waals surface area contributed by atoms with E-state index in [1.165, 1.54) is 0 Å². The number of nitrogens with one attached hydrogen (secondary N) is 1. The van der Waals surface area contributed by atoms with E-state index in [1.54, 1.807) is 0 Å². The molecule has 1 fully saturated rings. The van der Waals surface area contributed by atoms with Crippen LogP contribution in [0.1, 0.15) is 52.2 Å². The molecule has 1 aliphatic rings. The highest BCUT2D eigenvalue weighted by molar-refractivity contribution is 4.93. The predicted molar refractivity (Wildman–Crippen MR) is 79.8 cm³/mol. The van der Waals surface area contributed by atoms with E-state index < -0.39 is 0 Å². The topological polar surface area (TPSA) is 52.0 Å². The molecule has 0 saturated carbocycles. The molecule has 20 heavy (non-hydrogen) atoms. The Morgan fingerprint density at radius 2 is 2.00 bits per heavy atom. The maximum absolute atomic E-state index is 6.11. The monoisotopic (exact) mass is 280 g/mol. The second kappa shape index (κ2) is 7.18. The second-order valence-electron chi connectivity index (χ2n) is 5.85. The van der Waals surface area contributed by atoms with Gasteiger partial charge in [0.25, 0.3) is 0 Å². The lowest BCUT2D eigenvalue weighted by molar-refractivity contribution is 0.0327. The number of aryl methyl sites for hydroxylation is 2. The van der Waals surface area contributed by atoms with Crippen LogP contribution in [0.5, 0.6) is 0 Å². The number of rotatable bonds is 7. The Bertz CT molecular complexity index is 416. The lowest BCUT2D eigenvalue weighted by Crippen LogP contribution is -2.32. The standard InChI is InChI=1S/C15H28N4O/c1-5-14-17-15(6-2)19(18-14)10-13-8-7-12(20-13)9-16-11(3)4/h11-13,16H,5-10H2,1-4H3. The number of hydrogen-bond donors (Lipinski definition) is 1. The molecule has 2 heterocycles. The Morgan fingerprint density at radius 3 is 2.65 bits per heavy atom. The smallest absolute Gasteiger partial charge is 0.150 e.